The normalized spacial score (nSPS) is 20.3. The SMILES string of the molecule is COC(=O)NC1CCN(C(=O)C(N)CC(N)=O)C1. The third-order valence-electron chi connectivity index (χ3n) is 2.75. The third-order valence-corrected chi connectivity index (χ3v) is 2.75. The van der Waals surface area contributed by atoms with E-state index in [-0.39, 0.29) is 18.4 Å². The van der Waals surface area contributed by atoms with Gasteiger partial charge in [0.05, 0.1) is 25.6 Å². The number of rotatable bonds is 4. The molecule has 8 nitrogen and oxygen atoms in total. The highest BCUT2D eigenvalue weighted by atomic mass is 16.5. The summed E-state index contributed by atoms with van der Waals surface area (Å²) < 4.78 is 4.47. The molecule has 0 aromatic rings. The van der Waals surface area contributed by atoms with Crippen molar-refractivity contribution in [1.29, 1.82) is 0 Å². The van der Waals surface area contributed by atoms with Crippen molar-refractivity contribution in [2.75, 3.05) is 20.2 Å². The van der Waals surface area contributed by atoms with Gasteiger partial charge in [0, 0.05) is 13.1 Å². The van der Waals surface area contributed by atoms with Gasteiger partial charge in [0.1, 0.15) is 0 Å². The molecule has 2 atom stereocenters. The second kappa shape index (κ2) is 6.20. The lowest BCUT2D eigenvalue weighted by molar-refractivity contribution is -0.133. The van der Waals surface area contributed by atoms with Gasteiger partial charge in [-0.3, -0.25) is 9.59 Å². The van der Waals surface area contributed by atoms with Crippen LogP contribution in [0.4, 0.5) is 4.79 Å². The monoisotopic (exact) mass is 258 g/mol. The maximum Gasteiger partial charge on any atom is 0.407 e. The first-order valence-corrected chi connectivity index (χ1v) is 5.61. The van der Waals surface area contributed by atoms with E-state index in [1.54, 1.807) is 0 Å². The number of primary amides is 1. The zero-order valence-electron chi connectivity index (χ0n) is 10.2. The molecule has 1 aliphatic rings. The van der Waals surface area contributed by atoms with Crippen LogP contribution >= 0.6 is 0 Å². The molecule has 18 heavy (non-hydrogen) atoms. The molecule has 102 valence electrons. The predicted molar refractivity (Wildman–Crippen MR) is 62.3 cm³/mol. The van der Waals surface area contributed by atoms with Crippen molar-refractivity contribution in [2.45, 2.75) is 24.9 Å². The highest BCUT2D eigenvalue weighted by molar-refractivity contribution is 5.87. The summed E-state index contributed by atoms with van der Waals surface area (Å²) >= 11 is 0. The van der Waals surface area contributed by atoms with Gasteiger partial charge in [-0.15, -0.1) is 0 Å². The number of carbonyl (C=O) groups excluding carboxylic acids is 3. The van der Waals surface area contributed by atoms with E-state index in [1.165, 1.54) is 12.0 Å². The largest absolute Gasteiger partial charge is 0.453 e. The Kier molecular flexibility index (Phi) is 4.90. The van der Waals surface area contributed by atoms with Crippen LogP contribution in [0.5, 0.6) is 0 Å². The van der Waals surface area contributed by atoms with Gasteiger partial charge >= 0.3 is 6.09 Å². The Morgan fingerprint density at radius 2 is 2.17 bits per heavy atom. The maximum atomic E-state index is 11.8. The van der Waals surface area contributed by atoms with E-state index >= 15 is 0 Å². The molecule has 1 fully saturated rings. The molecule has 5 N–H and O–H groups in total. The summed E-state index contributed by atoms with van der Waals surface area (Å²) in [5, 5.41) is 2.61. The molecule has 3 amide bonds. The van der Waals surface area contributed by atoms with Crippen molar-refractivity contribution >= 4 is 17.9 Å². The lowest BCUT2D eigenvalue weighted by Crippen LogP contribution is -2.46. The summed E-state index contributed by atoms with van der Waals surface area (Å²) in [4.78, 5) is 35.0. The number of nitrogens with zero attached hydrogens (tertiary/aromatic N) is 1. The lowest BCUT2D eigenvalue weighted by atomic mass is 10.2. The summed E-state index contributed by atoms with van der Waals surface area (Å²) in [5.41, 5.74) is 10.5. The predicted octanol–water partition coefficient (Wildman–Crippen LogP) is -1.85. The highest BCUT2D eigenvalue weighted by Gasteiger charge is 2.30. The molecule has 8 heteroatoms. The first kappa shape index (κ1) is 14.2. The molecule has 1 aliphatic heterocycles. The van der Waals surface area contributed by atoms with Gasteiger partial charge in [-0.05, 0) is 6.42 Å². The number of nitrogens with one attached hydrogen (secondary N) is 1. The van der Waals surface area contributed by atoms with Crippen molar-refractivity contribution in [3.8, 4) is 0 Å². The van der Waals surface area contributed by atoms with Gasteiger partial charge in [-0.1, -0.05) is 0 Å². The summed E-state index contributed by atoms with van der Waals surface area (Å²) in [6.45, 7) is 0.848. The van der Waals surface area contributed by atoms with Crippen LogP contribution in [0.2, 0.25) is 0 Å². The van der Waals surface area contributed by atoms with E-state index in [1.807, 2.05) is 0 Å². The van der Waals surface area contributed by atoms with E-state index in [0.717, 1.165) is 0 Å². The Labute approximate surface area is 105 Å². The zero-order valence-corrected chi connectivity index (χ0v) is 10.2. The zero-order chi connectivity index (χ0) is 13.7. The van der Waals surface area contributed by atoms with E-state index in [4.69, 9.17) is 11.5 Å². The minimum atomic E-state index is -0.917. The van der Waals surface area contributed by atoms with Crippen molar-refractivity contribution in [3.05, 3.63) is 0 Å². The summed E-state index contributed by atoms with van der Waals surface area (Å²) in [6, 6.07) is -1.07. The van der Waals surface area contributed by atoms with Crippen molar-refractivity contribution in [3.63, 3.8) is 0 Å². The number of nitrogens with two attached hydrogens (primary N) is 2. The lowest BCUT2D eigenvalue weighted by Gasteiger charge is -2.20. The smallest absolute Gasteiger partial charge is 0.407 e. The van der Waals surface area contributed by atoms with Gasteiger partial charge in [0.15, 0.2) is 0 Å². The summed E-state index contributed by atoms with van der Waals surface area (Å²) in [7, 11) is 1.27. The average Bonchev–Trinajstić information content (AvgIpc) is 2.75. The van der Waals surface area contributed by atoms with Crippen molar-refractivity contribution < 1.29 is 19.1 Å². The van der Waals surface area contributed by atoms with E-state index in [0.29, 0.717) is 19.5 Å². The Balaban J connectivity index is 2.43. The Hall–Kier alpha value is -1.83. The van der Waals surface area contributed by atoms with Crippen LogP contribution < -0.4 is 16.8 Å². The van der Waals surface area contributed by atoms with Crippen LogP contribution in [0.15, 0.2) is 0 Å². The minimum absolute atomic E-state index is 0.151. The molecule has 0 radical (unpaired) electrons. The quantitative estimate of drug-likeness (QED) is 0.545. The molecule has 1 saturated heterocycles. The van der Waals surface area contributed by atoms with Crippen LogP contribution in [0.25, 0.3) is 0 Å². The minimum Gasteiger partial charge on any atom is -0.453 e. The molecule has 2 unspecified atom stereocenters. The first-order chi connectivity index (χ1) is 8.43. The molecule has 0 aromatic heterocycles. The number of carbonyl (C=O) groups is 3. The van der Waals surface area contributed by atoms with E-state index in [2.05, 4.69) is 10.1 Å². The molecular formula is C10H18N4O4. The van der Waals surface area contributed by atoms with Crippen LogP contribution in [0.3, 0.4) is 0 Å². The van der Waals surface area contributed by atoms with Crippen molar-refractivity contribution in [2.24, 2.45) is 11.5 Å². The maximum absolute atomic E-state index is 11.8. The fraction of sp³-hybridized carbons (Fsp3) is 0.700. The second-order valence-electron chi connectivity index (χ2n) is 4.18. The first-order valence-electron chi connectivity index (χ1n) is 5.61. The summed E-state index contributed by atoms with van der Waals surface area (Å²) in [5.74, 6) is -0.942. The van der Waals surface area contributed by atoms with Gasteiger partial charge in [0.2, 0.25) is 11.8 Å². The fourth-order valence-corrected chi connectivity index (χ4v) is 1.84. The summed E-state index contributed by atoms with van der Waals surface area (Å²) in [6.07, 6.45) is -0.0788. The average molecular weight is 258 g/mol. The molecule has 1 rings (SSSR count). The van der Waals surface area contributed by atoms with E-state index < -0.39 is 18.0 Å². The fourth-order valence-electron chi connectivity index (χ4n) is 1.84. The molecular weight excluding hydrogens is 240 g/mol. The van der Waals surface area contributed by atoms with Crippen molar-refractivity contribution in [1.82, 2.24) is 10.2 Å². The number of hydrogen-bond acceptors (Lipinski definition) is 5. The Morgan fingerprint density at radius 1 is 1.50 bits per heavy atom. The van der Waals surface area contributed by atoms with Crippen LogP contribution in [0, 0.1) is 0 Å². The van der Waals surface area contributed by atoms with Gasteiger partial charge in [-0.25, -0.2) is 4.79 Å². The Morgan fingerprint density at radius 3 is 2.72 bits per heavy atom. The van der Waals surface area contributed by atoms with Crippen LogP contribution in [-0.2, 0) is 14.3 Å². The van der Waals surface area contributed by atoms with Crippen LogP contribution in [0.1, 0.15) is 12.8 Å². The topological polar surface area (TPSA) is 128 Å². The number of alkyl carbamates (subject to hydrolysis) is 1. The molecule has 0 aliphatic carbocycles. The van der Waals surface area contributed by atoms with E-state index in [9.17, 15) is 14.4 Å². The second-order valence-corrected chi connectivity index (χ2v) is 4.18. The Bertz CT molecular complexity index is 347. The van der Waals surface area contributed by atoms with Gasteiger partial charge in [-0.2, -0.15) is 0 Å². The number of likely N-dealkylation sites (tertiary alicyclic amines) is 1. The van der Waals surface area contributed by atoms with Gasteiger partial charge < -0.3 is 26.4 Å². The highest BCUT2D eigenvalue weighted by Crippen LogP contribution is 2.11. The third kappa shape index (κ3) is 3.88. The molecule has 0 saturated carbocycles. The van der Waals surface area contributed by atoms with Gasteiger partial charge in [0.25, 0.3) is 0 Å². The number of amides is 3. The van der Waals surface area contributed by atoms with Crippen LogP contribution in [-0.4, -0.2) is 55.1 Å². The number of methoxy groups -OCH3 is 1. The molecule has 0 aromatic carbocycles. The molecule has 0 spiro atoms. The molecule has 1 heterocycles. The number of hydrogen-bond donors (Lipinski definition) is 3. The number of ether oxygens (including phenoxy) is 1. The standard InChI is InChI=1S/C10H18N4O4/c1-18-10(17)13-6-2-3-14(5-6)9(16)7(11)4-8(12)15/h6-7H,2-5,11H2,1H3,(H2,12,15)(H,13,17). The molecule has 0 bridgehead atoms.